The summed E-state index contributed by atoms with van der Waals surface area (Å²) in [4.78, 5) is 26.6. The molecule has 1 amide bonds. The molecule has 0 unspecified atom stereocenters. The van der Waals surface area contributed by atoms with Crippen LogP contribution in [0.25, 0.3) is 11.3 Å². The maximum absolute atomic E-state index is 13.1. The van der Waals surface area contributed by atoms with Crippen LogP contribution in [0.2, 0.25) is 0 Å². The highest BCUT2D eigenvalue weighted by molar-refractivity contribution is 5.76. The molecule has 3 aromatic rings. The largest absolute Gasteiger partial charge is 0.419 e. The fraction of sp³-hybridized carbons (Fsp3) is 0.304. The molecular formula is C23H23FN2O3. The van der Waals surface area contributed by atoms with Gasteiger partial charge in [0.15, 0.2) is 5.76 Å². The quantitative estimate of drug-likeness (QED) is 0.663. The van der Waals surface area contributed by atoms with Crippen LogP contribution in [0, 0.1) is 11.7 Å². The number of hydrogen-bond donors (Lipinski definition) is 0. The van der Waals surface area contributed by atoms with E-state index in [-0.39, 0.29) is 18.3 Å². The fourth-order valence-corrected chi connectivity index (χ4v) is 3.81. The van der Waals surface area contributed by atoms with Crippen molar-refractivity contribution in [2.24, 2.45) is 5.92 Å². The number of hydrogen-bond acceptors (Lipinski definition) is 3. The summed E-state index contributed by atoms with van der Waals surface area (Å²) in [5.41, 5.74) is 1.92. The lowest BCUT2D eigenvalue weighted by Gasteiger charge is -2.32. The molecular weight excluding hydrogens is 371 g/mol. The number of nitrogens with zero attached hydrogens (tertiary/aromatic N) is 2. The first kappa shape index (κ1) is 19.2. The van der Waals surface area contributed by atoms with Gasteiger partial charge in [-0.2, -0.15) is 0 Å². The van der Waals surface area contributed by atoms with Gasteiger partial charge in [0.1, 0.15) is 12.4 Å². The molecule has 1 aliphatic heterocycles. The maximum atomic E-state index is 13.1. The standard InChI is InChI=1S/C23H23FN2O3/c24-20-8-6-19(7-9-20)21-15-26(23(28)29-21)16-22(27)25-12-10-18(11-13-25)14-17-4-2-1-3-5-17/h1-9,15,18H,10-14,16H2. The molecule has 1 fully saturated rings. The molecule has 0 radical (unpaired) electrons. The lowest BCUT2D eigenvalue weighted by molar-refractivity contribution is -0.133. The van der Waals surface area contributed by atoms with Crippen LogP contribution in [0.5, 0.6) is 0 Å². The van der Waals surface area contributed by atoms with Gasteiger partial charge in [-0.15, -0.1) is 0 Å². The van der Waals surface area contributed by atoms with Crippen molar-refractivity contribution in [3.8, 4) is 11.3 Å². The van der Waals surface area contributed by atoms with E-state index in [1.807, 2.05) is 11.0 Å². The van der Waals surface area contributed by atoms with Gasteiger partial charge in [0.25, 0.3) is 0 Å². The Bertz CT molecular complexity index is 1020. The minimum absolute atomic E-state index is 0.0487. The molecule has 29 heavy (non-hydrogen) atoms. The summed E-state index contributed by atoms with van der Waals surface area (Å²) in [6.45, 7) is 1.36. The van der Waals surface area contributed by atoms with Crippen molar-refractivity contribution in [2.45, 2.75) is 25.8 Å². The first-order valence-corrected chi connectivity index (χ1v) is 9.86. The van der Waals surface area contributed by atoms with E-state index >= 15 is 0 Å². The monoisotopic (exact) mass is 394 g/mol. The van der Waals surface area contributed by atoms with Crippen LogP contribution in [0.3, 0.4) is 0 Å². The Kier molecular flexibility index (Phi) is 5.60. The van der Waals surface area contributed by atoms with Crippen molar-refractivity contribution in [1.82, 2.24) is 9.47 Å². The number of benzene rings is 2. The molecule has 4 rings (SSSR count). The van der Waals surface area contributed by atoms with Crippen LogP contribution < -0.4 is 5.76 Å². The van der Waals surface area contributed by atoms with Gasteiger partial charge in [0.05, 0.1) is 6.20 Å². The topological polar surface area (TPSA) is 55.5 Å². The van der Waals surface area contributed by atoms with Gasteiger partial charge in [-0.1, -0.05) is 30.3 Å². The second-order valence-corrected chi connectivity index (χ2v) is 7.51. The zero-order chi connectivity index (χ0) is 20.2. The Morgan fingerprint density at radius 3 is 2.41 bits per heavy atom. The molecule has 1 aliphatic rings. The molecule has 2 heterocycles. The Hall–Kier alpha value is -3.15. The van der Waals surface area contributed by atoms with E-state index in [1.165, 1.54) is 40.6 Å². The molecule has 0 N–H and O–H groups in total. The first-order valence-electron chi connectivity index (χ1n) is 9.86. The van der Waals surface area contributed by atoms with Gasteiger partial charge in [-0.3, -0.25) is 9.36 Å². The van der Waals surface area contributed by atoms with Crippen molar-refractivity contribution >= 4 is 5.91 Å². The predicted molar refractivity (Wildman–Crippen MR) is 108 cm³/mol. The van der Waals surface area contributed by atoms with Crippen molar-refractivity contribution < 1.29 is 13.6 Å². The van der Waals surface area contributed by atoms with Gasteiger partial charge in [0, 0.05) is 18.7 Å². The third-order valence-corrected chi connectivity index (χ3v) is 5.47. The summed E-state index contributed by atoms with van der Waals surface area (Å²) < 4.78 is 19.6. The van der Waals surface area contributed by atoms with Crippen LogP contribution >= 0.6 is 0 Å². The Balaban J connectivity index is 1.34. The lowest BCUT2D eigenvalue weighted by atomic mass is 9.90. The summed E-state index contributed by atoms with van der Waals surface area (Å²) in [6.07, 6.45) is 4.46. The van der Waals surface area contributed by atoms with Gasteiger partial charge in [0.2, 0.25) is 5.91 Å². The van der Waals surface area contributed by atoms with E-state index in [0.717, 1.165) is 19.3 Å². The smallest absolute Gasteiger partial charge is 0.408 e. The number of likely N-dealkylation sites (tertiary alicyclic amines) is 1. The molecule has 6 heteroatoms. The summed E-state index contributed by atoms with van der Waals surface area (Å²) in [5.74, 6) is -0.137. The number of amides is 1. The summed E-state index contributed by atoms with van der Waals surface area (Å²) in [5, 5.41) is 0. The van der Waals surface area contributed by atoms with Crippen LogP contribution in [-0.4, -0.2) is 28.5 Å². The van der Waals surface area contributed by atoms with Crippen molar-refractivity contribution in [3.63, 3.8) is 0 Å². The van der Waals surface area contributed by atoms with Crippen LogP contribution in [-0.2, 0) is 17.8 Å². The second-order valence-electron chi connectivity index (χ2n) is 7.51. The predicted octanol–water partition coefficient (Wildman–Crippen LogP) is 3.73. The molecule has 0 atom stereocenters. The third-order valence-electron chi connectivity index (χ3n) is 5.47. The number of carbonyl (C=O) groups is 1. The summed E-state index contributed by atoms with van der Waals surface area (Å²) >= 11 is 0. The Morgan fingerprint density at radius 1 is 1.03 bits per heavy atom. The zero-order valence-electron chi connectivity index (χ0n) is 16.1. The number of piperidine rings is 1. The van der Waals surface area contributed by atoms with E-state index < -0.39 is 5.76 Å². The number of carbonyl (C=O) groups excluding carboxylic acids is 1. The summed E-state index contributed by atoms with van der Waals surface area (Å²) in [7, 11) is 0. The SMILES string of the molecule is O=C(Cn1cc(-c2ccc(F)cc2)oc1=O)N1CCC(Cc2ccccc2)CC1. The fourth-order valence-electron chi connectivity index (χ4n) is 3.81. The Labute approximate surface area is 168 Å². The van der Waals surface area contributed by atoms with E-state index in [0.29, 0.717) is 30.3 Å². The van der Waals surface area contributed by atoms with E-state index in [2.05, 4.69) is 24.3 Å². The number of oxazole rings is 1. The van der Waals surface area contributed by atoms with Gasteiger partial charge < -0.3 is 9.32 Å². The second kappa shape index (κ2) is 8.47. The van der Waals surface area contributed by atoms with Gasteiger partial charge in [-0.05, 0) is 55.0 Å². The molecule has 2 aromatic carbocycles. The van der Waals surface area contributed by atoms with Crippen molar-refractivity contribution in [2.75, 3.05) is 13.1 Å². The molecule has 5 nitrogen and oxygen atoms in total. The highest BCUT2D eigenvalue weighted by Gasteiger charge is 2.24. The van der Waals surface area contributed by atoms with Crippen molar-refractivity contribution in [1.29, 1.82) is 0 Å². The molecule has 150 valence electrons. The first-order chi connectivity index (χ1) is 14.1. The molecule has 0 saturated carbocycles. The molecule has 1 saturated heterocycles. The number of rotatable bonds is 5. The normalized spacial score (nSPS) is 14.9. The maximum Gasteiger partial charge on any atom is 0.419 e. The van der Waals surface area contributed by atoms with Gasteiger partial charge in [-0.25, -0.2) is 9.18 Å². The Morgan fingerprint density at radius 2 is 1.72 bits per heavy atom. The average molecular weight is 394 g/mol. The van der Waals surface area contributed by atoms with E-state index in [4.69, 9.17) is 4.42 Å². The molecule has 1 aromatic heterocycles. The minimum Gasteiger partial charge on any atom is -0.408 e. The molecule has 0 spiro atoms. The zero-order valence-corrected chi connectivity index (χ0v) is 16.1. The van der Waals surface area contributed by atoms with Crippen LogP contribution in [0.1, 0.15) is 18.4 Å². The van der Waals surface area contributed by atoms with Crippen LogP contribution in [0.4, 0.5) is 4.39 Å². The summed E-state index contributed by atoms with van der Waals surface area (Å²) in [6, 6.07) is 16.1. The van der Waals surface area contributed by atoms with E-state index in [1.54, 1.807) is 0 Å². The molecule has 0 bridgehead atoms. The number of halogens is 1. The van der Waals surface area contributed by atoms with Crippen LogP contribution in [0.15, 0.2) is 70.0 Å². The third kappa shape index (κ3) is 4.65. The molecule has 0 aliphatic carbocycles. The van der Waals surface area contributed by atoms with Crippen molar-refractivity contribution in [3.05, 3.63) is 82.7 Å². The highest BCUT2D eigenvalue weighted by atomic mass is 19.1. The lowest BCUT2D eigenvalue weighted by Crippen LogP contribution is -2.41. The van der Waals surface area contributed by atoms with Gasteiger partial charge >= 0.3 is 5.76 Å². The average Bonchev–Trinajstić information content (AvgIpc) is 3.10. The minimum atomic E-state index is -0.586. The van der Waals surface area contributed by atoms with E-state index in [9.17, 15) is 14.0 Å². The highest BCUT2D eigenvalue weighted by Crippen LogP contribution is 2.22. The number of aromatic nitrogens is 1.